The van der Waals surface area contributed by atoms with Crippen LogP contribution in [0.4, 0.5) is 0 Å². The first-order chi connectivity index (χ1) is 7.26. The van der Waals surface area contributed by atoms with E-state index < -0.39 is 0 Å². The lowest BCUT2D eigenvalue weighted by atomic mass is 10.1. The molecule has 0 aliphatic carbocycles. The second-order valence-corrected chi connectivity index (χ2v) is 4.62. The number of hydrogen-bond donors (Lipinski definition) is 1. The van der Waals surface area contributed by atoms with Crippen molar-refractivity contribution in [2.75, 3.05) is 6.26 Å². The molecule has 0 fully saturated rings. The molecular formula is C12H16N2S. The molecule has 2 nitrogen and oxygen atoms in total. The van der Waals surface area contributed by atoms with Gasteiger partial charge in [-0.1, -0.05) is 12.1 Å². The van der Waals surface area contributed by atoms with Gasteiger partial charge in [0.05, 0.1) is 0 Å². The van der Waals surface area contributed by atoms with Crippen molar-refractivity contribution < 1.29 is 0 Å². The van der Waals surface area contributed by atoms with Crippen molar-refractivity contribution in [2.45, 2.75) is 12.3 Å². The number of hydrogen-bond acceptors (Lipinski definition) is 2. The highest BCUT2D eigenvalue weighted by molar-refractivity contribution is 7.97. The number of nitrogens with zero attached hydrogens (tertiary/aromatic N) is 1. The van der Waals surface area contributed by atoms with Crippen molar-refractivity contribution in [1.29, 1.82) is 0 Å². The Morgan fingerprint density at radius 2 is 2.20 bits per heavy atom. The molecule has 0 amide bonds. The van der Waals surface area contributed by atoms with Gasteiger partial charge in [-0.15, -0.1) is 0 Å². The second-order valence-electron chi connectivity index (χ2n) is 3.75. The number of rotatable bonds is 3. The first kappa shape index (κ1) is 10.6. The van der Waals surface area contributed by atoms with E-state index in [2.05, 4.69) is 42.3 Å². The summed E-state index contributed by atoms with van der Waals surface area (Å²) in [5, 5.41) is 1.35. The Labute approximate surface area is 94.5 Å². The van der Waals surface area contributed by atoms with Gasteiger partial charge in [0.2, 0.25) is 0 Å². The molecule has 0 saturated carbocycles. The molecule has 3 heteroatoms. The van der Waals surface area contributed by atoms with Crippen molar-refractivity contribution in [2.24, 2.45) is 12.8 Å². The van der Waals surface area contributed by atoms with Crippen LogP contribution in [0, 0.1) is 0 Å². The van der Waals surface area contributed by atoms with E-state index in [0.29, 0.717) is 6.54 Å². The van der Waals surface area contributed by atoms with Crippen molar-refractivity contribution in [1.82, 2.24) is 4.57 Å². The predicted octanol–water partition coefficient (Wildman–Crippen LogP) is 2.50. The standard InChI is InChI=1S/C12H16N2S/c1-14-7-10(8-15-2)11-4-3-9(6-13)5-12(11)14/h3-5,7H,6,8,13H2,1-2H3. The van der Waals surface area contributed by atoms with Crippen LogP contribution in [-0.4, -0.2) is 10.8 Å². The zero-order valence-corrected chi connectivity index (χ0v) is 9.97. The van der Waals surface area contributed by atoms with E-state index in [4.69, 9.17) is 5.73 Å². The minimum absolute atomic E-state index is 0.610. The lowest BCUT2D eigenvalue weighted by molar-refractivity contribution is 0.959. The average Bonchev–Trinajstić information content (AvgIpc) is 2.56. The summed E-state index contributed by atoms with van der Waals surface area (Å²) in [6.07, 6.45) is 4.34. The van der Waals surface area contributed by atoms with Crippen LogP contribution in [0.5, 0.6) is 0 Å². The molecule has 80 valence electrons. The molecule has 0 bridgehead atoms. The molecule has 1 aromatic heterocycles. The van der Waals surface area contributed by atoms with Crippen molar-refractivity contribution in [3.63, 3.8) is 0 Å². The Morgan fingerprint density at radius 3 is 2.87 bits per heavy atom. The topological polar surface area (TPSA) is 30.9 Å². The van der Waals surface area contributed by atoms with Gasteiger partial charge in [0, 0.05) is 36.4 Å². The van der Waals surface area contributed by atoms with Crippen LogP contribution in [0.15, 0.2) is 24.4 Å². The molecule has 0 atom stereocenters. The van der Waals surface area contributed by atoms with E-state index in [-0.39, 0.29) is 0 Å². The van der Waals surface area contributed by atoms with E-state index in [1.165, 1.54) is 22.0 Å². The molecule has 1 aromatic carbocycles. The van der Waals surface area contributed by atoms with E-state index in [1.807, 2.05) is 11.8 Å². The lowest BCUT2D eigenvalue weighted by Crippen LogP contribution is -1.96. The summed E-state index contributed by atoms with van der Waals surface area (Å²) in [6, 6.07) is 6.48. The summed E-state index contributed by atoms with van der Waals surface area (Å²) in [5.41, 5.74) is 9.52. The molecule has 0 aliphatic heterocycles. The SMILES string of the molecule is CSCc1cn(C)c2cc(CN)ccc12. The number of nitrogens with two attached hydrogens (primary N) is 1. The van der Waals surface area contributed by atoms with Gasteiger partial charge in [-0.25, -0.2) is 0 Å². The molecule has 0 radical (unpaired) electrons. The summed E-state index contributed by atoms with van der Waals surface area (Å²) < 4.78 is 2.18. The highest BCUT2D eigenvalue weighted by atomic mass is 32.2. The van der Waals surface area contributed by atoms with Gasteiger partial charge in [0.1, 0.15) is 0 Å². The monoisotopic (exact) mass is 220 g/mol. The quantitative estimate of drug-likeness (QED) is 0.861. The number of aryl methyl sites for hydroxylation is 1. The van der Waals surface area contributed by atoms with Crippen LogP contribution in [0.25, 0.3) is 10.9 Å². The third kappa shape index (κ3) is 1.90. The Bertz CT molecular complexity index is 474. The van der Waals surface area contributed by atoms with Crippen LogP contribution in [0.3, 0.4) is 0 Å². The highest BCUT2D eigenvalue weighted by Crippen LogP contribution is 2.24. The molecule has 2 N–H and O–H groups in total. The summed E-state index contributed by atoms with van der Waals surface area (Å²) in [5.74, 6) is 1.07. The van der Waals surface area contributed by atoms with Crippen molar-refractivity contribution in [3.05, 3.63) is 35.5 Å². The summed E-state index contributed by atoms with van der Waals surface area (Å²) in [7, 11) is 2.09. The van der Waals surface area contributed by atoms with E-state index in [0.717, 1.165) is 5.75 Å². The van der Waals surface area contributed by atoms with Crippen LogP contribution in [0.1, 0.15) is 11.1 Å². The van der Waals surface area contributed by atoms with Crippen LogP contribution < -0.4 is 5.73 Å². The molecule has 0 spiro atoms. The first-order valence-corrected chi connectivity index (χ1v) is 6.41. The number of aromatic nitrogens is 1. The maximum Gasteiger partial charge on any atom is 0.0484 e. The summed E-state index contributed by atoms with van der Waals surface area (Å²) in [4.78, 5) is 0. The predicted molar refractivity (Wildman–Crippen MR) is 68.0 cm³/mol. The summed E-state index contributed by atoms with van der Waals surface area (Å²) >= 11 is 1.85. The van der Waals surface area contributed by atoms with Gasteiger partial charge < -0.3 is 10.3 Å². The fourth-order valence-electron chi connectivity index (χ4n) is 1.91. The Balaban J connectivity index is 2.59. The van der Waals surface area contributed by atoms with Gasteiger partial charge in [-0.2, -0.15) is 11.8 Å². The molecule has 2 aromatic rings. The number of fused-ring (bicyclic) bond motifs is 1. The summed E-state index contributed by atoms with van der Waals surface area (Å²) in [6.45, 7) is 0.610. The van der Waals surface area contributed by atoms with Crippen molar-refractivity contribution >= 4 is 22.7 Å². The largest absolute Gasteiger partial charge is 0.350 e. The minimum Gasteiger partial charge on any atom is -0.350 e. The average molecular weight is 220 g/mol. The van der Waals surface area contributed by atoms with Gasteiger partial charge in [0.25, 0.3) is 0 Å². The van der Waals surface area contributed by atoms with Crippen molar-refractivity contribution in [3.8, 4) is 0 Å². The minimum atomic E-state index is 0.610. The third-order valence-corrected chi connectivity index (χ3v) is 3.27. The zero-order chi connectivity index (χ0) is 10.8. The molecule has 15 heavy (non-hydrogen) atoms. The maximum absolute atomic E-state index is 5.64. The smallest absolute Gasteiger partial charge is 0.0484 e. The Morgan fingerprint density at radius 1 is 1.40 bits per heavy atom. The second kappa shape index (κ2) is 4.29. The molecule has 0 saturated heterocycles. The Hall–Kier alpha value is -0.930. The molecule has 0 aliphatic rings. The van der Waals surface area contributed by atoms with Gasteiger partial charge in [-0.3, -0.25) is 0 Å². The van der Waals surface area contributed by atoms with E-state index >= 15 is 0 Å². The van der Waals surface area contributed by atoms with Crippen LogP contribution >= 0.6 is 11.8 Å². The van der Waals surface area contributed by atoms with Crippen LogP contribution in [-0.2, 0) is 19.3 Å². The lowest BCUT2D eigenvalue weighted by Gasteiger charge is -2.00. The number of benzene rings is 1. The normalized spacial score (nSPS) is 11.1. The van der Waals surface area contributed by atoms with E-state index in [9.17, 15) is 0 Å². The third-order valence-electron chi connectivity index (χ3n) is 2.67. The van der Waals surface area contributed by atoms with Gasteiger partial charge in [-0.05, 0) is 23.4 Å². The zero-order valence-electron chi connectivity index (χ0n) is 9.16. The fraction of sp³-hybridized carbons (Fsp3) is 0.333. The molecule has 0 unspecified atom stereocenters. The molecule has 1 heterocycles. The highest BCUT2D eigenvalue weighted by Gasteiger charge is 2.06. The molecule has 2 rings (SSSR count). The molecular weight excluding hydrogens is 204 g/mol. The first-order valence-electron chi connectivity index (χ1n) is 5.02. The fourth-order valence-corrected chi connectivity index (χ4v) is 2.45. The van der Waals surface area contributed by atoms with Gasteiger partial charge in [0.15, 0.2) is 0 Å². The van der Waals surface area contributed by atoms with Gasteiger partial charge >= 0.3 is 0 Å². The van der Waals surface area contributed by atoms with E-state index in [1.54, 1.807) is 0 Å². The number of thioether (sulfide) groups is 1. The Kier molecular flexibility index (Phi) is 3.03. The maximum atomic E-state index is 5.64. The van der Waals surface area contributed by atoms with Crippen LogP contribution in [0.2, 0.25) is 0 Å².